The Morgan fingerprint density at radius 2 is 2.18 bits per heavy atom. The molecule has 5 heteroatoms. The number of imidazole rings is 1. The van der Waals surface area contributed by atoms with Crippen LogP contribution >= 0.6 is 15.9 Å². The topological polar surface area (TPSA) is 29.9 Å². The van der Waals surface area contributed by atoms with Gasteiger partial charge in [0.05, 0.1) is 5.69 Å². The van der Waals surface area contributed by atoms with Crippen molar-refractivity contribution in [3.63, 3.8) is 0 Å². The minimum atomic E-state index is -0.280. The first-order valence-electron chi connectivity index (χ1n) is 5.33. The fourth-order valence-electron chi connectivity index (χ4n) is 1.53. The maximum Gasteiger partial charge on any atom is 0.207 e. The van der Waals surface area contributed by atoms with Crippen LogP contribution < -0.4 is 5.32 Å². The first-order valence-corrected chi connectivity index (χ1v) is 6.12. The summed E-state index contributed by atoms with van der Waals surface area (Å²) in [5.41, 5.74) is 0.472. The number of nitrogens with one attached hydrogen (secondary N) is 1. The van der Waals surface area contributed by atoms with Crippen molar-refractivity contribution in [2.45, 2.75) is 19.9 Å². The maximum atomic E-state index is 13.8. The molecule has 1 aromatic carbocycles. The van der Waals surface area contributed by atoms with Crippen molar-refractivity contribution in [1.82, 2.24) is 9.55 Å². The lowest BCUT2D eigenvalue weighted by Crippen LogP contribution is -2.14. The highest BCUT2D eigenvalue weighted by molar-refractivity contribution is 9.10. The summed E-state index contributed by atoms with van der Waals surface area (Å²) in [6.45, 7) is 4.02. The van der Waals surface area contributed by atoms with Gasteiger partial charge in [-0.2, -0.15) is 0 Å². The second kappa shape index (κ2) is 4.87. The summed E-state index contributed by atoms with van der Waals surface area (Å²) in [5.74, 6) is 0.356. The first kappa shape index (κ1) is 12.1. The summed E-state index contributed by atoms with van der Waals surface area (Å²) in [6.07, 6.45) is 3.38. The number of halogens is 2. The van der Waals surface area contributed by atoms with E-state index in [9.17, 15) is 4.39 Å². The number of rotatable bonds is 3. The molecule has 1 N–H and O–H groups in total. The number of hydrogen-bond acceptors (Lipinski definition) is 2. The molecule has 1 aromatic heterocycles. The van der Waals surface area contributed by atoms with Gasteiger partial charge in [0, 0.05) is 22.9 Å². The predicted octanol–water partition coefficient (Wildman–Crippen LogP) is 3.59. The van der Waals surface area contributed by atoms with Crippen LogP contribution in [0.15, 0.2) is 35.1 Å². The van der Waals surface area contributed by atoms with E-state index in [1.165, 1.54) is 6.07 Å². The van der Waals surface area contributed by atoms with Gasteiger partial charge in [-0.15, -0.1) is 0 Å². The first-order chi connectivity index (χ1) is 8.08. The second-order valence-corrected chi connectivity index (χ2v) is 4.93. The molecular formula is C12H13BrFN3. The van der Waals surface area contributed by atoms with E-state index in [1.54, 1.807) is 29.1 Å². The van der Waals surface area contributed by atoms with Gasteiger partial charge in [0.25, 0.3) is 0 Å². The summed E-state index contributed by atoms with van der Waals surface area (Å²) in [4.78, 5) is 4.17. The SMILES string of the molecule is CC(C)Nc1nccn1-c1cc(Br)ccc1F. The second-order valence-electron chi connectivity index (χ2n) is 4.02. The molecule has 0 atom stereocenters. The van der Waals surface area contributed by atoms with Gasteiger partial charge in [0.15, 0.2) is 0 Å². The van der Waals surface area contributed by atoms with E-state index < -0.39 is 0 Å². The van der Waals surface area contributed by atoms with Gasteiger partial charge in [-0.05, 0) is 32.0 Å². The third kappa shape index (κ3) is 2.66. The molecule has 17 heavy (non-hydrogen) atoms. The molecule has 0 aliphatic rings. The van der Waals surface area contributed by atoms with Crippen LogP contribution in [-0.2, 0) is 0 Å². The van der Waals surface area contributed by atoms with Crippen LogP contribution in [0, 0.1) is 5.82 Å². The fraction of sp³-hybridized carbons (Fsp3) is 0.250. The van der Waals surface area contributed by atoms with Crippen molar-refractivity contribution in [1.29, 1.82) is 0 Å². The quantitative estimate of drug-likeness (QED) is 0.938. The fourth-order valence-corrected chi connectivity index (χ4v) is 1.88. The molecule has 0 saturated carbocycles. The highest BCUT2D eigenvalue weighted by Crippen LogP contribution is 2.22. The molecule has 0 bridgehead atoms. The summed E-state index contributed by atoms with van der Waals surface area (Å²) in [7, 11) is 0. The minimum absolute atomic E-state index is 0.242. The third-order valence-corrected chi connectivity index (χ3v) is 2.72. The van der Waals surface area contributed by atoms with Gasteiger partial charge in [-0.25, -0.2) is 9.37 Å². The van der Waals surface area contributed by atoms with Crippen LogP contribution in [0.4, 0.5) is 10.3 Å². The van der Waals surface area contributed by atoms with E-state index in [-0.39, 0.29) is 11.9 Å². The molecule has 0 aliphatic heterocycles. The highest BCUT2D eigenvalue weighted by atomic mass is 79.9. The van der Waals surface area contributed by atoms with Gasteiger partial charge in [-0.3, -0.25) is 4.57 Å². The van der Waals surface area contributed by atoms with Crippen molar-refractivity contribution < 1.29 is 4.39 Å². The molecule has 0 aliphatic carbocycles. The lowest BCUT2D eigenvalue weighted by Gasteiger charge is -2.13. The van der Waals surface area contributed by atoms with Crippen LogP contribution in [0.3, 0.4) is 0 Å². The molecule has 0 saturated heterocycles. The van der Waals surface area contributed by atoms with Gasteiger partial charge in [0.2, 0.25) is 5.95 Å². The van der Waals surface area contributed by atoms with Crippen molar-refractivity contribution >= 4 is 21.9 Å². The van der Waals surface area contributed by atoms with Crippen molar-refractivity contribution in [3.8, 4) is 5.69 Å². The Morgan fingerprint density at radius 1 is 1.41 bits per heavy atom. The standard InChI is InChI=1S/C12H13BrFN3/c1-8(2)16-12-15-5-6-17(12)11-7-9(13)3-4-10(11)14/h3-8H,1-2H3,(H,15,16). The Morgan fingerprint density at radius 3 is 2.88 bits per heavy atom. The third-order valence-electron chi connectivity index (χ3n) is 2.23. The number of nitrogens with zero attached hydrogens (tertiary/aromatic N) is 2. The average molecular weight is 298 g/mol. The normalized spacial score (nSPS) is 10.9. The summed E-state index contributed by atoms with van der Waals surface area (Å²) >= 11 is 3.34. The predicted molar refractivity (Wildman–Crippen MR) is 70.0 cm³/mol. The van der Waals surface area contributed by atoms with Crippen LogP contribution in [0.25, 0.3) is 5.69 Å². The summed E-state index contributed by atoms with van der Waals surface area (Å²) < 4.78 is 16.3. The molecule has 90 valence electrons. The Hall–Kier alpha value is -1.36. The van der Waals surface area contributed by atoms with Crippen LogP contribution in [0.2, 0.25) is 0 Å². The Bertz CT molecular complexity index is 522. The number of benzene rings is 1. The van der Waals surface area contributed by atoms with Gasteiger partial charge < -0.3 is 5.32 Å². The summed E-state index contributed by atoms with van der Waals surface area (Å²) in [6, 6.07) is 5.07. The monoisotopic (exact) mass is 297 g/mol. The lowest BCUT2D eigenvalue weighted by molar-refractivity contribution is 0.618. The van der Waals surface area contributed by atoms with Gasteiger partial charge >= 0.3 is 0 Å². The van der Waals surface area contributed by atoms with Crippen molar-refractivity contribution in [2.24, 2.45) is 0 Å². The molecule has 0 amide bonds. The van der Waals surface area contributed by atoms with Crippen LogP contribution in [0.1, 0.15) is 13.8 Å². The summed E-state index contributed by atoms with van der Waals surface area (Å²) in [5, 5.41) is 3.17. The molecule has 0 fully saturated rings. The Kier molecular flexibility index (Phi) is 3.47. The number of hydrogen-bond donors (Lipinski definition) is 1. The molecule has 0 spiro atoms. The maximum absolute atomic E-state index is 13.8. The van der Waals surface area contributed by atoms with E-state index in [0.717, 1.165) is 4.47 Å². The number of aromatic nitrogens is 2. The molecule has 2 rings (SSSR count). The van der Waals surface area contributed by atoms with E-state index in [1.807, 2.05) is 13.8 Å². The van der Waals surface area contributed by atoms with E-state index in [4.69, 9.17) is 0 Å². The Labute approximate surface area is 108 Å². The lowest BCUT2D eigenvalue weighted by atomic mass is 10.3. The zero-order valence-corrected chi connectivity index (χ0v) is 11.2. The average Bonchev–Trinajstić information content (AvgIpc) is 2.69. The van der Waals surface area contributed by atoms with E-state index in [0.29, 0.717) is 11.6 Å². The molecule has 0 radical (unpaired) electrons. The van der Waals surface area contributed by atoms with Crippen molar-refractivity contribution in [3.05, 3.63) is 40.9 Å². The van der Waals surface area contributed by atoms with E-state index in [2.05, 4.69) is 26.2 Å². The van der Waals surface area contributed by atoms with Crippen LogP contribution in [0.5, 0.6) is 0 Å². The molecular weight excluding hydrogens is 285 g/mol. The molecule has 0 unspecified atom stereocenters. The molecule has 3 nitrogen and oxygen atoms in total. The van der Waals surface area contributed by atoms with Crippen molar-refractivity contribution in [2.75, 3.05) is 5.32 Å². The van der Waals surface area contributed by atoms with E-state index >= 15 is 0 Å². The molecule has 2 aromatic rings. The zero-order valence-electron chi connectivity index (χ0n) is 9.61. The number of anilines is 1. The smallest absolute Gasteiger partial charge is 0.207 e. The zero-order chi connectivity index (χ0) is 12.4. The molecule has 1 heterocycles. The largest absolute Gasteiger partial charge is 0.353 e. The highest BCUT2D eigenvalue weighted by Gasteiger charge is 2.10. The van der Waals surface area contributed by atoms with Crippen LogP contribution in [-0.4, -0.2) is 15.6 Å². The minimum Gasteiger partial charge on any atom is -0.353 e. The Balaban J connectivity index is 2.45. The van der Waals surface area contributed by atoms with Gasteiger partial charge in [-0.1, -0.05) is 15.9 Å². The van der Waals surface area contributed by atoms with Gasteiger partial charge in [0.1, 0.15) is 5.82 Å².